The van der Waals surface area contributed by atoms with Gasteiger partial charge in [-0.3, -0.25) is 0 Å². The Kier molecular flexibility index (Phi) is 7.29. The summed E-state index contributed by atoms with van der Waals surface area (Å²) in [6.07, 6.45) is 0.978. The lowest BCUT2D eigenvalue weighted by Gasteiger charge is -2.25. The van der Waals surface area contributed by atoms with Crippen molar-refractivity contribution < 1.29 is 0 Å². The third kappa shape index (κ3) is 5.07. The van der Waals surface area contributed by atoms with Crippen molar-refractivity contribution in [3.05, 3.63) is 223 Å². The highest BCUT2D eigenvalue weighted by molar-refractivity contribution is 6.12. The molecule has 0 atom stereocenters. The minimum atomic E-state index is 0.978. The van der Waals surface area contributed by atoms with E-state index in [9.17, 15) is 0 Å². The van der Waals surface area contributed by atoms with Crippen molar-refractivity contribution in [3.8, 4) is 33.6 Å². The van der Waals surface area contributed by atoms with Crippen LogP contribution in [0.15, 0.2) is 212 Å². The lowest BCUT2D eigenvalue weighted by molar-refractivity contribution is 1.16. The number of hydrogen-bond donors (Lipinski definition) is 0. The molecule has 1 aliphatic rings. The summed E-state index contributed by atoms with van der Waals surface area (Å²) in [5, 5.41) is 5.02. The number of benzene rings is 9. The fourth-order valence-electron chi connectivity index (χ4n) is 9.48. The Labute approximate surface area is 336 Å². The molecule has 0 amide bonds. The highest BCUT2D eigenvalue weighted by atomic mass is 15.1. The molecule has 12 rings (SSSR count). The molecule has 11 aromatic rings. The predicted molar refractivity (Wildman–Crippen MR) is 243 cm³/mol. The maximum atomic E-state index is 2.44. The second kappa shape index (κ2) is 13.0. The first-order valence-electron chi connectivity index (χ1n) is 20.1. The van der Waals surface area contributed by atoms with Gasteiger partial charge in [-0.05, 0) is 137 Å². The van der Waals surface area contributed by atoms with Gasteiger partial charge in [-0.15, -0.1) is 0 Å². The van der Waals surface area contributed by atoms with Crippen LogP contribution < -0.4 is 4.90 Å². The van der Waals surface area contributed by atoms with Crippen molar-refractivity contribution in [2.75, 3.05) is 4.90 Å². The molecule has 0 fully saturated rings. The molecule has 0 unspecified atom stereocenters. The van der Waals surface area contributed by atoms with Crippen LogP contribution in [0.1, 0.15) is 11.1 Å². The molecule has 58 heavy (non-hydrogen) atoms. The molecular weight excluding hydrogens is 703 g/mol. The number of hydrogen-bond acceptors (Lipinski definition) is 1. The number of fused-ring (bicyclic) bond motifs is 9. The average Bonchev–Trinajstić information content (AvgIpc) is 3.94. The maximum absolute atomic E-state index is 2.44. The van der Waals surface area contributed by atoms with E-state index in [4.69, 9.17) is 0 Å². The second-order valence-corrected chi connectivity index (χ2v) is 15.4. The monoisotopic (exact) mass is 739 g/mol. The van der Waals surface area contributed by atoms with Crippen LogP contribution in [0.25, 0.3) is 77.2 Å². The molecule has 0 bridgehead atoms. The van der Waals surface area contributed by atoms with E-state index in [0.717, 1.165) is 29.2 Å². The topological polar surface area (TPSA) is 13.1 Å². The molecule has 3 nitrogen and oxygen atoms in total. The Hall–Kier alpha value is -7.62. The van der Waals surface area contributed by atoms with Crippen LogP contribution in [0, 0.1) is 0 Å². The minimum absolute atomic E-state index is 0.978. The molecule has 9 aromatic carbocycles. The molecule has 0 saturated carbocycles. The normalized spacial score (nSPS) is 12.1. The van der Waals surface area contributed by atoms with Gasteiger partial charge in [0.05, 0.1) is 22.1 Å². The average molecular weight is 740 g/mol. The number of rotatable bonds is 6. The van der Waals surface area contributed by atoms with Crippen molar-refractivity contribution in [1.29, 1.82) is 0 Å². The summed E-state index contributed by atoms with van der Waals surface area (Å²) in [5.74, 6) is 0. The molecule has 0 radical (unpaired) electrons. The van der Waals surface area contributed by atoms with E-state index in [2.05, 4.69) is 226 Å². The van der Waals surface area contributed by atoms with E-state index < -0.39 is 0 Å². The van der Waals surface area contributed by atoms with Gasteiger partial charge in [0.25, 0.3) is 0 Å². The summed E-state index contributed by atoms with van der Waals surface area (Å²) in [4.78, 5) is 2.31. The first-order chi connectivity index (χ1) is 28.8. The maximum Gasteiger partial charge on any atom is 0.0541 e. The van der Waals surface area contributed by atoms with Gasteiger partial charge >= 0.3 is 0 Å². The van der Waals surface area contributed by atoms with Crippen LogP contribution in [0.3, 0.4) is 0 Å². The van der Waals surface area contributed by atoms with E-state index in [-0.39, 0.29) is 0 Å². The zero-order chi connectivity index (χ0) is 38.2. The summed E-state index contributed by atoms with van der Waals surface area (Å²) in [5.41, 5.74) is 18.5. The van der Waals surface area contributed by atoms with E-state index >= 15 is 0 Å². The standard InChI is InChI=1S/C55H37N3/c1-3-14-41(15-4-1)56(42-16-5-2-6-17-42)43-25-27-44(28-26-43)57-52-21-11-9-19-48(52)50-35-37(23-31-54(50)57)38-24-32-55-51(36-38)49-20-10-12-22-53(49)58(55)45-29-30-47-40(34-45)33-39-13-7-8-18-46(39)47/h1-32,34-36H,33H2. The fourth-order valence-corrected chi connectivity index (χ4v) is 9.48. The molecule has 0 aliphatic heterocycles. The Morgan fingerprint density at radius 2 is 0.776 bits per heavy atom. The van der Waals surface area contributed by atoms with Crippen molar-refractivity contribution in [2.24, 2.45) is 0 Å². The molecule has 0 N–H and O–H groups in total. The van der Waals surface area contributed by atoms with Crippen LogP contribution in [0.4, 0.5) is 17.1 Å². The van der Waals surface area contributed by atoms with Gasteiger partial charge in [0, 0.05) is 50.0 Å². The Balaban J connectivity index is 0.950. The molecule has 2 aromatic heterocycles. The number of anilines is 3. The number of aromatic nitrogens is 2. The number of nitrogens with zero attached hydrogens (tertiary/aromatic N) is 3. The summed E-state index contributed by atoms with van der Waals surface area (Å²) in [6, 6.07) is 77.5. The van der Waals surface area contributed by atoms with Gasteiger partial charge < -0.3 is 14.0 Å². The molecule has 1 aliphatic carbocycles. The first kappa shape index (κ1) is 32.6. The Morgan fingerprint density at radius 1 is 0.310 bits per heavy atom. The van der Waals surface area contributed by atoms with Crippen molar-refractivity contribution in [2.45, 2.75) is 6.42 Å². The van der Waals surface area contributed by atoms with Crippen LogP contribution in [0.5, 0.6) is 0 Å². The molecule has 0 saturated heterocycles. The second-order valence-electron chi connectivity index (χ2n) is 15.4. The highest BCUT2D eigenvalue weighted by Crippen LogP contribution is 2.42. The fraction of sp³-hybridized carbons (Fsp3) is 0.0182. The van der Waals surface area contributed by atoms with Gasteiger partial charge in [-0.25, -0.2) is 0 Å². The van der Waals surface area contributed by atoms with E-state index in [0.29, 0.717) is 0 Å². The molecule has 272 valence electrons. The van der Waals surface area contributed by atoms with E-state index in [1.165, 1.54) is 82.7 Å². The van der Waals surface area contributed by atoms with Crippen LogP contribution >= 0.6 is 0 Å². The van der Waals surface area contributed by atoms with Crippen molar-refractivity contribution in [3.63, 3.8) is 0 Å². The summed E-state index contributed by atoms with van der Waals surface area (Å²) >= 11 is 0. The Bertz CT molecular complexity index is 3310. The quantitative estimate of drug-likeness (QED) is 0.165. The van der Waals surface area contributed by atoms with E-state index in [1.54, 1.807) is 0 Å². The van der Waals surface area contributed by atoms with Gasteiger partial charge in [-0.1, -0.05) is 115 Å². The number of para-hydroxylation sites is 4. The lowest BCUT2D eigenvalue weighted by atomic mass is 10.0. The predicted octanol–water partition coefficient (Wildman–Crippen LogP) is 14.6. The van der Waals surface area contributed by atoms with Crippen LogP contribution in [-0.2, 0) is 6.42 Å². The van der Waals surface area contributed by atoms with Crippen molar-refractivity contribution in [1.82, 2.24) is 9.13 Å². The van der Waals surface area contributed by atoms with Gasteiger partial charge in [0.2, 0.25) is 0 Å². The van der Waals surface area contributed by atoms with Crippen LogP contribution in [-0.4, -0.2) is 9.13 Å². The lowest BCUT2D eigenvalue weighted by Crippen LogP contribution is -2.09. The van der Waals surface area contributed by atoms with Crippen molar-refractivity contribution >= 4 is 60.7 Å². The first-order valence-corrected chi connectivity index (χ1v) is 20.1. The van der Waals surface area contributed by atoms with E-state index in [1.807, 2.05) is 0 Å². The molecule has 3 heteroatoms. The zero-order valence-corrected chi connectivity index (χ0v) is 31.8. The molecule has 2 heterocycles. The summed E-state index contributed by atoms with van der Waals surface area (Å²) < 4.78 is 4.85. The summed E-state index contributed by atoms with van der Waals surface area (Å²) in [6.45, 7) is 0. The largest absolute Gasteiger partial charge is 0.311 e. The third-order valence-corrected chi connectivity index (χ3v) is 12.1. The Morgan fingerprint density at radius 3 is 1.40 bits per heavy atom. The summed E-state index contributed by atoms with van der Waals surface area (Å²) in [7, 11) is 0. The SMILES string of the molecule is c1ccc(N(c2ccccc2)c2ccc(-n3c4ccccc4c4cc(-c5ccc6c(c5)c5ccccc5n6-c5ccc6c(c5)Cc5ccccc5-6)ccc43)cc2)cc1. The molecule has 0 spiro atoms. The minimum Gasteiger partial charge on any atom is -0.311 e. The molecular formula is C55H37N3. The van der Waals surface area contributed by atoms with Gasteiger partial charge in [0.1, 0.15) is 0 Å². The smallest absolute Gasteiger partial charge is 0.0541 e. The van der Waals surface area contributed by atoms with Gasteiger partial charge in [0.15, 0.2) is 0 Å². The highest BCUT2D eigenvalue weighted by Gasteiger charge is 2.21. The zero-order valence-electron chi connectivity index (χ0n) is 31.8. The van der Waals surface area contributed by atoms with Crippen LogP contribution in [0.2, 0.25) is 0 Å². The third-order valence-electron chi connectivity index (χ3n) is 12.1. The van der Waals surface area contributed by atoms with Gasteiger partial charge in [-0.2, -0.15) is 0 Å².